The second kappa shape index (κ2) is 10.5. The summed E-state index contributed by atoms with van der Waals surface area (Å²) in [5, 5.41) is 9.25. The molecule has 40 heavy (non-hydrogen) atoms. The van der Waals surface area contributed by atoms with E-state index in [0.717, 1.165) is 18.2 Å². The van der Waals surface area contributed by atoms with Crippen molar-refractivity contribution in [1.82, 2.24) is 48.6 Å². The van der Waals surface area contributed by atoms with Gasteiger partial charge in [-0.15, -0.1) is 5.10 Å². The molecule has 0 amide bonds. The van der Waals surface area contributed by atoms with E-state index in [1.54, 1.807) is 6.20 Å². The minimum absolute atomic E-state index is 0.0211. The summed E-state index contributed by atoms with van der Waals surface area (Å²) in [7, 11) is 0. The van der Waals surface area contributed by atoms with Crippen molar-refractivity contribution in [2.24, 2.45) is 0 Å². The Morgan fingerprint density at radius 2 is 2.00 bits per heavy atom. The maximum absolute atomic E-state index is 13.0. The Balaban J connectivity index is 1.10. The SMILES string of the molecule is CC(COC(=O)CCn1cc(Cn2c(=O)c(=O)n(C3CC3)c3nc(Br)cnc32)nn1)n1ccc2c(Cl)ncnc21. The average Bonchev–Trinajstić information content (AvgIpc) is 3.50. The summed E-state index contributed by atoms with van der Waals surface area (Å²) in [6, 6.07) is 1.61. The molecule has 0 N–H and O–H groups in total. The number of halogens is 2. The topological polar surface area (TPSA) is 158 Å². The maximum Gasteiger partial charge on any atom is 0.318 e. The van der Waals surface area contributed by atoms with Crippen molar-refractivity contribution in [3.63, 3.8) is 0 Å². The zero-order chi connectivity index (χ0) is 28.0. The van der Waals surface area contributed by atoms with E-state index in [4.69, 9.17) is 16.3 Å². The van der Waals surface area contributed by atoms with E-state index in [0.29, 0.717) is 26.7 Å². The van der Waals surface area contributed by atoms with Crippen LogP contribution in [0.1, 0.15) is 44.0 Å². The first-order valence-corrected chi connectivity index (χ1v) is 13.7. The van der Waals surface area contributed by atoms with Crippen LogP contribution in [0.5, 0.6) is 0 Å². The monoisotopic (exact) mass is 628 g/mol. The molecule has 16 heteroatoms. The molecule has 1 fully saturated rings. The number of aryl methyl sites for hydroxylation is 1. The summed E-state index contributed by atoms with van der Waals surface area (Å²) in [6.07, 6.45) is 8.00. The second-order valence-corrected chi connectivity index (χ2v) is 10.7. The van der Waals surface area contributed by atoms with Gasteiger partial charge in [0.15, 0.2) is 11.3 Å². The lowest BCUT2D eigenvalue weighted by molar-refractivity contribution is -0.144. The molecule has 1 unspecified atom stereocenters. The fourth-order valence-electron chi connectivity index (χ4n) is 4.48. The lowest BCUT2D eigenvalue weighted by atomic mass is 10.3. The molecule has 1 saturated carbocycles. The Kier molecular flexibility index (Phi) is 6.92. The van der Waals surface area contributed by atoms with E-state index in [2.05, 4.69) is 46.2 Å². The molecule has 1 atom stereocenters. The van der Waals surface area contributed by atoms with Gasteiger partial charge in [0, 0.05) is 12.2 Å². The van der Waals surface area contributed by atoms with Gasteiger partial charge in [-0.05, 0) is 41.8 Å². The summed E-state index contributed by atoms with van der Waals surface area (Å²) in [5.41, 5.74) is 0.376. The van der Waals surface area contributed by atoms with Gasteiger partial charge in [0.25, 0.3) is 0 Å². The van der Waals surface area contributed by atoms with Crippen LogP contribution in [-0.4, -0.2) is 61.2 Å². The van der Waals surface area contributed by atoms with E-state index in [9.17, 15) is 14.4 Å². The number of nitrogens with zero attached hydrogens (tertiary/aromatic N) is 10. The Morgan fingerprint density at radius 1 is 1.18 bits per heavy atom. The maximum atomic E-state index is 13.0. The van der Waals surface area contributed by atoms with Crippen molar-refractivity contribution in [2.75, 3.05) is 6.61 Å². The molecule has 1 aliphatic carbocycles. The van der Waals surface area contributed by atoms with Crippen molar-refractivity contribution in [2.45, 2.75) is 51.4 Å². The Hall–Kier alpha value is -3.98. The van der Waals surface area contributed by atoms with Gasteiger partial charge in [-0.25, -0.2) is 19.9 Å². The molecule has 0 radical (unpaired) electrons. The third kappa shape index (κ3) is 5.01. The number of ether oxygens (including phenoxy) is 1. The van der Waals surface area contributed by atoms with Crippen LogP contribution in [0.2, 0.25) is 5.15 Å². The first-order chi connectivity index (χ1) is 19.3. The predicted molar refractivity (Wildman–Crippen MR) is 146 cm³/mol. The Morgan fingerprint density at radius 3 is 2.80 bits per heavy atom. The number of carbonyl (C=O) groups is 1. The molecule has 5 aromatic rings. The normalized spacial score (nSPS) is 14.2. The molecule has 5 aromatic heterocycles. The van der Waals surface area contributed by atoms with E-state index < -0.39 is 17.1 Å². The highest BCUT2D eigenvalue weighted by Crippen LogP contribution is 2.35. The molecule has 0 spiro atoms. The van der Waals surface area contributed by atoms with Crippen molar-refractivity contribution < 1.29 is 9.53 Å². The van der Waals surface area contributed by atoms with Crippen molar-refractivity contribution in [1.29, 1.82) is 0 Å². The summed E-state index contributed by atoms with van der Waals surface area (Å²) < 4.78 is 12.0. The number of hydrogen-bond acceptors (Lipinski definition) is 10. The fourth-order valence-corrected chi connectivity index (χ4v) is 4.94. The zero-order valence-corrected chi connectivity index (χ0v) is 23.5. The standard InChI is InChI=1S/C24H22BrClN10O4/c1-13(34-7-4-16-19(26)28-12-29-20(16)34)11-40-18(37)5-6-33-9-14(31-32-33)10-35-21-22(30-17(25)8-27-21)36(15-2-3-15)24(39)23(35)38/h4,7-9,12-13,15H,2-3,5-6,10-11H2,1H3. The molecular formula is C24H22BrClN10O4. The van der Waals surface area contributed by atoms with E-state index in [1.807, 2.05) is 23.8 Å². The number of esters is 1. The molecule has 5 heterocycles. The van der Waals surface area contributed by atoms with Crippen LogP contribution in [0.3, 0.4) is 0 Å². The van der Waals surface area contributed by atoms with Gasteiger partial charge < -0.3 is 9.30 Å². The molecule has 1 aliphatic rings. The fraction of sp³-hybridized carbons (Fsp3) is 0.375. The van der Waals surface area contributed by atoms with Crippen LogP contribution in [0.25, 0.3) is 22.3 Å². The van der Waals surface area contributed by atoms with Gasteiger partial charge in [-0.1, -0.05) is 16.8 Å². The van der Waals surface area contributed by atoms with Gasteiger partial charge in [0.2, 0.25) is 0 Å². The largest absolute Gasteiger partial charge is 0.463 e. The smallest absolute Gasteiger partial charge is 0.318 e. The summed E-state index contributed by atoms with van der Waals surface area (Å²) in [4.78, 5) is 55.3. The number of fused-ring (bicyclic) bond motifs is 2. The lowest BCUT2D eigenvalue weighted by Crippen LogP contribution is -2.42. The molecule has 206 valence electrons. The summed E-state index contributed by atoms with van der Waals surface area (Å²) in [5.74, 6) is -0.403. The number of carbonyl (C=O) groups excluding carboxylic acids is 1. The molecule has 14 nitrogen and oxygen atoms in total. The van der Waals surface area contributed by atoms with Crippen molar-refractivity contribution in [3.05, 3.63) is 67.1 Å². The van der Waals surface area contributed by atoms with Gasteiger partial charge in [0.05, 0.1) is 43.3 Å². The first-order valence-electron chi connectivity index (χ1n) is 12.5. The van der Waals surface area contributed by atoms with Gasteiger partial charge in [-0.2, -0.15) is 0 Å². The lowest BCUT2D eigenvalue weighted by Gasteiger charge is -2.15. The number of hydrogen-bond donors (Lipinski definition) is 0. The van der Waals surface area contributed by atoms with Crippen LogP contribution in [-0.2, 0) is 22.6 Å². The predicted octanol–water partition coefficient (Wildman–Crippen LogP) is 2.28. The Bertz CT molecular complexity index is 1880. The van der Waals surface area contributed by atoms with Crippen LogP contribution in [0, 0.1) is 0 Å². The minimum atomic E-state index is -0.701. The molecular weight excluding hydrogens is 608 g/mol. The number of rotatable bonds is 9. The van der Waals surface area contributed by atoms with Crippen LogP contribution in [0.4, 0.5) is 0 Å². The highest BCUT2D eigenvalue weighted by Gasteiger charge is 2.29. The highest BCUT2D eigenvalue weighted by atomic mass is 79.9. The second-order valence-electron chi connectivity index (χ2n) is 9.52. The van der Waals surface area contributed by atoms with Crippen LogP contribution in [0.15, 0.2) is 45.2 Å². The van der Waals surface area contributed by atoms with E-state index >= 15 is 0 Å². The van der Waals surface area contributed by atoms with E-state index in [1.165, 1.54) is 26.3 Å². The number of aromatic nitrogens is 10. The van der Waals surface area contributed by atoms with Crippen molar-refractivity contribution >= 4 is 55.8 Å². The minimum Gasteiger partial charge on any atom is -0.463 e. The molecule has 0 aliphatic heterocycles. The third-order valence-electron chi connectivity index (χ3n) is 6.62. The molecule has 0 bridgehead atoms. The van der Waals surface area contributed by atoms with Gasteiger partial charge >= 0.3 is 17.1 Å². The van der Waals surface area contributed by atoms with E-state index in [-0.39, 0.29) is 43.8 Å². The average molecular weight is 630 g/mol. The quantitative estimate of drug-likeness (QED) is 0.135. The van der Waals surface area contributed by atoms with Crippen LogP contribution < -0.4 is 11.1 Å². The van der Waals surface area contributed by atoms with Crippen LogP contribution >= 0.6 is 27.5 Å². The van der Waals surface area contributed by atoms with Gasteiger partial charge in [-0.3, -0.25) is 28.2 Å². The highest BCUT2D eigenvalue weighted by molar-refractivity contribution is 9.10. The summed E-state index contributed by atoms with van der Waals surface area (Å²) >= 11 is 9.41. The first kappa shape index (κ1) is 26.3. The van der Waals surface area contributed by atoms with Gasteiger partial charge in [0.1, 0.15) is 34.0 Å². The molecule has 6 rings (SSSR count). The van der Waals surface area contributed by atoms with Crippen molar-refractivity contribution in [3.8, 4) is 0 Å². The molecule has 0 aromatic carbocycles. The zero-order valence-electron chi connectivity index (χ0n) is 21.1. The Labute approximate surface area is 238 Å². The molecule has 0 saturated heterocycles. The summed E-state index contributed by atoms with van der Waals surface area (Å²) in [6.45, 7) is 2.25. The third-order valence-corrected chi connectivity index (χ3v) is 7.30.